The third-order valence-corrected chi connectivity index (χ3v) is 2.56. The van der Waals surface area contributed by atoms with Crippen molar-refractivity contribution in [2.75, 3.05) is 36.5 Å². The Kier molecular flexibility index (Phi) is 2.45. The Morgan fingerprint density at radius 3 is 3.07 bits per heavy atom. The molecule has 0 saturated heterocycles. The number of aliphatic carboxylic acids is 1. The number of hydrogen-bond donors (Lipinski definition) is 1. The molecule has 1 aromatic rings. The summed E-state index contributed by atoms with van der Waals surface area (Å²) in [5.74, 6) is -0.811. The molecule has 5 nitrogen and oxygen atoms in total. The van der Waals surface area contributed by atoms with Crippen molar-refractivity contribution in [2.24, 2.45) is 0 Å². The van der Waals surface area contributed by atoms with Gasteiger partial charge in [-0.05, 0) is 6.07 Å². The zero-order valence-corrected chi connectivity index (χ0v) is 8.55. The van der Waals surface area contributed by atoms with E-state index < -0.39 is 5.97 Å². The normalized spacial score (nSPS) is 15.0. The fraction of sp³-hybridized carbons (Fsp3) is 0.400. The maximum atomic E-state index is 10.7. The van der Waals surface area contributed by atoms with Gasteiger partial charge in [0.2, 0.25) is 0 Å². The van der Waals surface area contributed by atoms with E-state index in [4.69, 9.17) is 5.11 Å². The average molecular weight is 207 g/mol. The van der Waals surface area contributed by atoms with E-state index in [0.717, 1.165) is 24.5 Å². The van der Waals surface area contributed by atoms with Crippen molar-refractivity contribution < 1.29 is 9.90 Å². The Balaban J connectivity index is 2.31. The molecule has 0 atom stereocenters. The number of rotatable bonds is 2. The molecule has 0 aliphatic carbocycles. The van der Waals surface area contributed by atoms with E-state index in [1.165, 1.54) is 0 Å². The van der Waals surface area contributed by atoms with Gasteiger partial charge in [-0.25, -0.2) is 0 Å². The fourth-order valence-corrected chi connectivity index (χ4v) is 1.78. The molecule has 1 N–H and O–H groups in total. The van der Waals surface area contributed by atoms with Gasteiger partial charge in [0.25, 0.3) is 0 Å². The smallest absolute Gasteiger partial charge is 0.323 e. The van der Waals surface area contributed by atoms with Crippen molar-refractivity contribution in [1.29, 1.82) is 0 Å². The van der Waals surface area contributed by atoms with Crippen LogP contribution in [0.4, 0.5) is 11.4 Å². The Bertz CT molecular complexity index is 381. The Morgan fingerprint density at radius 2 is 2.33 bits per heavy atom. The predicted octanol–water partition coefficient (Wildman–Crippen LogP) is 0.422. The number of carboxylic acids is 1. The molecule has 2 rings (SSSR count). The first-order chi connectivity index (χ1) is 7.18. The van der Waals surface area contributed by atoms with Crippen LogP contribution in [-0.4, -0.2) is 42.7 Å². The molecule has 5 heteroatoms. The molecule has 0 unspecified atom stereocenters. The second-order valence-corrected chi connectivity index (χ2v) is 3.60. The number of pyridine rings is 1. The Hall–Kier alpha value is -1.78. The van der Waals surface area contributed by atoms with Gasteiger partial charge in [0, 0.05) is 26.3 Å². The van der Waals surface area contributed by atoms with Gasteiger partial charge >= 0.3 is 5.97 Å². The zero-order valence-electron chi connectivity index (χ0n) is 8.55. The van der Waals surface area contributed by atoms with E-state index >= 15 is 0 Å². The van der Waals surface area contributed by atoms with Crippen LogP contribution in [0.15, 0.2) is 18.5 Å². The molecule has 0 bridgehead atoms. The summed E-state index contributed by atoms with van der Waals surface area (Å²) in [4.78, 5) is 18.7. The molecule has 2 heterocycles. The minimum atomic E-state index is -0.811. The van der Waals surface area contributed by atoms with Crippen LogP contribution in [0.2, 0.25) is 0 Å². The third-order valence-electron chi connectivity index (χ3n) is 2.56. The number of hydrogen-bond acceptors (Lipinski definition) is 4. The first-order valence-corrected chi connectivity index (χ1v) is 4.80. The predicted molar refractivity (Wildman–Crippen MR) is 57.4 cm³/mol. The van der Waals surface area contributed by atoms with Gasteiger partial charge in [0.1, 0.15) is 6.54 Å². The lowest BCUT2D eigenvalue weighted by molar-refractivity contribution is -0.135. The van der Waals surface area contributed by atoms with Crippen LogP contribution in [0.1, 0.15) is 0 Å². The summed E-state index contributed by atoms with van der Waals surface area (Å²) >= 11 is 0. The largest absolute Gasteiger partial charge is 0.480 e. The second-order valence-electron chi connectivity index (χ2n) is 3.60. The second kappa shape index (κ2) is 3.76. The lowest BCUT2D eigenvalue weighted by Gasteiger charge is -2.35. The monoisotopic (exact) mass is 207 g/mol. The van der Waals surface area contributed by atoms with E-state index in [1.807, 2.05) is 18.0 Å². The van der Waals surface area contributed by atoms with Crippen molar-refractivity contribution in [3.05, 3.63) is 18.5 Å². The lowest BCUT2D eigenvalue weighted by Crippen LogP contribution is -2.41. The molecular formula is C10H13N3O2. The lowest BCUT2D eigenvalue weighted by atomic mass is 10.2. The topological polar surface area (TPSA) is 56.7 Å². The van der Waals surface area contributed by atoms with Crippen molar-refractivity contribution >= 4 is 17.3 Å². The highest BCUT2D eigenvalue weighted by Crippen LogP contribution is 2.30. The van der Waals surface area contributed by atoms with Gasteiger partial charge in [0.15, 0.2) is 0 Å². The number of nitrogens with zero attached hydrogens (tertiary/aromatic N) is 3. The fourth-order valence-electron chi connectivity index (χ4n) is 1.78. The number of likely N-dealkylation sites (N-methyl/N-ethyl adjacent to an activating group) is 1. The highest BCUT2D eigenvalue weighted by Gasteiger charge is 2.21. The first kappa shape index (κ1) is 9.76. The van der Waals surface area contributed by atoms with Crippen LogP contribution in [0.25, 0.3) is 0 Å². The van der Waals surface area contributed by atoms with Crippen molar-refractivity contribution in [3.8, 4) is 0 Å². The maximum absolute atomic E-state index is 10.7. The summed E-state index contributed by atoms with van der Waals surface area (Å²) in [7, 11) is 2.00. The molecule has 80 valence electrons. The molecular weight excluding hydrogens is 194 g/mol. The van der Waals surface area contributed by atoms with E-state index in [9.17, 15) is 4.79 Å². The first-order valence-electron chi connectivity index (χ1n) is 4.80. The molecule has 0 fully saturated rings. The van der Waals surface area contributed by atoms with Crippen LogP contribution < -0.4 is 9.80 Å². The van der Waals surface area contributed by atoms with Gasteiger partial charge in [-0.2, -0.15) is 0 Å². The van der Waals surface area contributed by atoms with Crippen LogP contribution in [0.5, 0.6) is 0 Å². The van der Waals surface area contributed by atoms with E-state index in [-0.39, 0.29) is 6.54 Å². The molecule has 0 aromatic carbocycles. The number of fused-ring (bicyclic) bond motifs is 1. The van der Waals surface area contributed by atoms with Crippen LogP contribution in [0.3, 0.4) is 0 Å². The summed E-state index contributed by atoms with van der Waals surface area (Å²) in [5, 5.41) is 8.78. The highest BCUT2D eigenvalue weighted by atomic mass is 16.4. The molecule has 1 aliphatic rings. The molecule has 0 amide bonds. The summed E-state index contributed by atoms with van der Waals surface area (Å²) in [5.41, 5.74) is 1.94. The highest BCUT2D eigenvalue weighted by molar-refractivity contribution is 5.79. The van der Waals surface area contributed by atoms with Gasteiger partial charge in [-0.15, -0.1) is 0 Å². The van der Waals surface area contributed by atoms with E-state index in [0.29, 0.717) is 0 Å². The van der Waals surface area contributed by atoms with Gasteiger partial charge < -0.3 is 14.9 Å². The van der Waals surface area contributed by atoms with Crippen molar-refractivity contribution in [3.63, 3.8) is 0 Å². The molecule has 1 aliphatic heterocycles. The van der Waals surface area contributed by atoms with Crippen LogP contribution >= 0.6 is 0 Å². The molecule has 15 heavy (non-hydrogen) atoms. The third kappa shape index (κ3) is 1.86. The summed E-state index contributed by atoms with van der Waals surface area (Å²) in [6.45, 7) is 1.60. The Morgan fingerprint density at radius 1 is 1.53 bits per heavy atom. The summed E-state index contributed by atoms with van der Waals surface area (Å²) in [6, 6.07) is 1.91. The van der Waals surface area contributed by atoms with Gasteiger partial charge in [-0.3, -0.25) is 9.78 Å². The van der Waals surface area contributed by atoms with Gasteiger partial charge in [-0.1, -0.05) is 0 Å². The van der Waals surface area contributed by atoms with E-state index in [1.54, 1.807) is 12.4 Å². The van der Waals surface area contributed by atoms with Crippen LogP contribution in [-0.2, 0) is 4.79 Å². The van der Waals surface area contributed by atoms with Crippen LogP contribution in [0, 0.1) is 0 Å². The average Bonchev–Trinajstić information content (AvgIpc) is 2.22. The number of carbonyl (C=O) groups is 1. The van der Waals surface area contributed by atoms with Crippen molar-refractivity contribution in [2.45, 2.75) is 0 Å². The zero-order chi connectivity index (χ0) is 10.8. The summed E-state index contributed by atoms with van der Waals surface area (Å²) < 4.78 is 0. The maximum Gasteiger partial charge on any atom is 0.323 e. The standard InChI is InChI=1S/C10H13N3O2/c1-12-4-5-13(7-10(14)15)9-6-11-3-2-8(9)12/h2-3,6H,4-5,7H2,1H3,(H,14,15). The molecule has 0 saturated carbocycles. The summed E-state index contributed by atoms with van der Waals surface area (Å²) in [6.07, 6.45) is 3.44. The van der Waals surface area contributed by atoms with Gasteiger partial charge in [0.05, 0.1) is 17.6 Å². The minimum Gasteiger partial charge on any atom is -0.480 e. The molecule has 0 radical (unpaired) electrons. The molecule has 1 aromatic heterocycles. The SMILES string of the molecule is CN1CCN(CC(=O)O)c2cnccc21. The minimum absolute atomic E-state index is 0.0343. The quantitative estimate of drug-likeness (QED) is 0.761. The van der Waals surface area contributed by atoms with E-state index in [2.05, 4.69) is 9.88 Å². The number of aromatic nitrogens is 1. The number of anilines is 2. The van der Waals surface area contributed by atoms with Crippen molar-refractivity contribution in [1.82, 2.24) is 4.98 Å². The number of carboxylic acid groups (broad SMARTS) is 1. The molecule has 0 spiro atoms. The Labute approximate surface area is 87.9 Å².